The first-order valence-electron chi connectivity index (χ1n) is 10.4. The SMILES string of the molecule is CC(C(=O)NC1CCOc2ccccc21)S(=O)(=O)Cc1csc(COc2ccc(F)cc2)n1. The zero-order valence-corrected chi connectivity index (χ0v) is 19.5. The molecule has 0 saturated heterocycles. The Hall–Kier alpha value is -2.98. The van der Waals surface area contributed by atoms with Crippen LogP contribution in [0.15, 0.2) is 53.9 Å². The number of amides is 1. The summed E-state index contributed by atoms with van der Waals surface area (Å²) in [5, 5.41) is 3.85. The van der Waals surface area contributed by atoms with Crippen LogP contribution in [0.3, 0.4) is 0 Å². The van der Waals surface area contributed by atoms with Crippen molar-refractivity contribution in [3.8, 4) is 11.5 Å². The summed E-state index contributed by atoms with van der Waals surface area (Å²) < 4.78 is 49.8. The average Bonchev–Trinajstić information content (AvgIpc) is 3.25. The Bertz CT molecular complexity index is 1230. The second-order valence-corrected chi connectivity index (χ2v) is 10.9. The maximum atomic E-state index is 13.0. The van der Waals surface area contributed by atoms with E-state index in [1.54, 1.807) is 5.38 Å². The number of thiazole rings is 1. The number of hydrogen-bond acceptors (Lipinski definition) is 7. The van der Waals surface area contributed by atoms with Crippen LogP contribution in [-0.4, -0.2) is 31.2 Å². The molecule has 1 aliphatic heterocycles. The van der Waals surface area contributed by atoms with Gasteiger partial charge in [-0.1, -0.05) is 18.2 Å². The maximum absolute atomic E-state index is 13.0. The highest BCUT2D eigenvalue weighted by Crippen LogP contribution is 2.31. The van der Waals surface area contributed by atoms with Gasteiger partial charge in [0.1, 0.15) is 34.2 Å². The standard InChI is InChI=1S/C23H23FN2O5S2/c1-15(23(27)26-20-10-11-30-21-5-3-2-4-19(20)21)33(28,29)14-17-13-32-22(25-17)12-31-18-8-6-16(24)7-9-18/h2-9,13,15,20H,10-12,14H2,1H3,(H,26,27). The summed E-state index contributed by atoms with van der Waals surface area (Å²) in [5.41, 5.74) is 1.20. The van der Waals surface area contributed by atoms with E-state index in [1.807, 2.05) is 24.3 Å². The van der Waals surface area contributed by atoms with E-state index in [9.17, 15) is 17.6 Å². The Morgan fingerprint density at radius 2 is 2.03 bits per heavy atom. The maximum Gasteiger partial charge on any atom is 0.238 e. The summed E-state index contributed by atoms with van der Waals surface area (Å²) in [6.45, 7) is 1.97. The van der Waals surface area contributed by atoms with Gasteiger partial charge in [0.05, 0.1) is 24.1 Å². The van der Waals surface area contributed by atoms with Gasteiger partial charge in [-0.05, 0) is 37.3 Å². The summed E-state index contributed by atoms with van der Waals surface area (Å²) in [7, 11) is -3.78. The first kappa shape index (κ1) is 23.2. The van der Waals surface area contributed by atoms with Crippen LogP contribution in [0.25, 0.3) is 0 Å². The molecule has 3 aromatic rings. The van der Waals surface area contributed by atoms with E-state index in [4.69, 9.17) is 9.47 Å². The lowest BCUT2D eigenvalue weighted by Gasteiger charge is -2.27. The molecule has 0 bridgehead atoms. The predicted octanol–water partition coefficient (Wildman–Crippen LogP) is 3.80. The van der Waals surface area contributed by atoms with Crippen molar-refractivity contribution in [2.45, 2.75) is 37.0 Å². The van der Waals surface area contributed by atoms with Crippen molar-refractivity contribution in [1.82, 2.24) is 10.3 Å². The number of fused-ring (bicyclic) bond motifs is 1. The van der Waals surface area contributed by atoms with E-state index in [1.165, 1.54) is 42.5 Å². The summed E-state index contributed by atoms with van der Waals surface area (Å²) in [6.07, 6.45) is 0.568. The zero-order valence-electron chi connectivity index (χ0n) is 17.9. The van der Waals surface area contributed by atoms with Gasteiger partial charge in [-0.25, -0.2) is 17.8 Å². The van der Waals surface area contributed by atoms with Gasteiger partial charge < -0.3 is 14.8 Å². The van der Waals surface area contributed by atoms with Crippen molar-refractivity contribution in [3.63, 3.8) is 0 Å². The fourth-order valence-corrected chi connectivity index (χ4v) is 5.45. The number of nitrogens with one attached hydrogen (secondary N) is 1. The number of carbonyl (C=O) groups is 1. The Morgan fingerprint density at radius 1 is 1.27 bits per heavy atom. The molecule has 1 amide bonds. The van der Waals surface area contributed by atoms with E-state index in [0.717, 1.165) is 5.56 Å². The molecule has 2 aromatic carbocycles. The molecule has 0 aliphatic carbocycles. The van der Waals surface area contributed by atoms with E-state index in [0.29, 0.717) is 35.2 Å². The number of benzene rings is 2. The molecule has 174 valence electrons. The lowest BCUT2D eigenvalue weighted by atomic mass is 10.0. The molecular formula is C23H23FN2O5S2. The highest BCUT2D eigenvalue weighted by atomic mass is 32.2. The summed E-state index contributed by atoms with van der Waals surface area (Å²) in [4.78, 5) is 17.1. The number of ether oxygens (including phenoxy) is 2. The number of para-hydroxylation sites is 1. The van der Waals surface area contributed by atoms with E-state index in [-0.39, 0.29) is 24.2 Å². The number of rotatable bonds is 8. The third-order valence-corrected chi connectivity index (χ3v) is 8.17. The van der Waals surface area contributed by atoms with Crippen LogP contribution in [-0.2, 0) is 27.0 Å². The highest BCUT2D eigenvalue weighted by Gasteiger charge is 2.32. The van der Waals surface area contributed by atoms with E-state index in [2.05, 4.69) is 10.3 Å². The third-order valence-electron chi connectivity index (χ3n) is 5.31. The first-order chi connectivity index (χ1) is 15.8. The fraction of sp³-hybridized carbons (Fsp3) is 0.304. The minimum atomic E-state index is -3.78. The second-order valence-electron chi connectivity index (χ2n) is 7.66. The minimum Gasteiger partial charge on any atom is -0.493 e. The van der Waals surface area contributed by atoms with Crippen LogP contribution in [0.2, 0.25) is 0 Å². The fourth-order valence-electron chi connectivity index (χ4n) is 3.43. The van der Waals surface area contributed by atoms with Crippen LogP contribution in [0.5, 0.6) is 11.5 Å². The molecule has 0 fully saturated rings. The Kier molecular flexibility index (Phi) is 6.94. The lowest BCUT2D eigenvalue weighted by molar-refractivity contribution is -0.121. The van der Waals surface area contributed by atoms with Gasteiger partial charge in [-0.2, -0.15) is 0 Å². The zero-order chi connectivity index (χ0) is 23.4. The number of carbonyl (C=O) groups excluding carboxylic acids is 1. The van der Waals surface area contributed by atoms with Gasteiger partial charge in [-0.3, -0.25) is 4.79 Å². The van der Waals surface area contributed by atoms with Crippen LogP contribution < -0.4 is 14.8 Å². The van der Waals surface area contributed by atoms with Crippen molar-refractivity contribution in [1.29, 1.82) is 0 Å². The summed E-state index contributed by atoms with van der Waals surface area (Å²) in [5.74, 6) is -0.0721. The minimum absolute atomic E-state index is 0.134. The molecule has 0 saturated carbocycles. The van der Waals surface area contributed by atoms with Gasteiger partial charge in [0.2, 0.25) is 5.91 Å². The molecule has 0 radical (unpaired) electrons. The smallest absolute Gasteiger partial charge is 0.238 e. The molecule has 7 nitrogen and oxygen atoms in total. The molecule has 1 aromatic heterocycles. The highest BCUT2D eigenvalue weighted by molar-refractivity contribution is 7.92. The Morgan fingerprint density at radius 3 is 2.82 bits per heavy atom. The monoisotopic (exact) mass is 490 g/mol. The number of nitrogens with zero attached hydrogens (tertiary/aromatic N) is 1. The van der Waals surface area contributed by atoms with Crippen molar-refractivity contribution < 1.29 is 27.1 Å². The normalized spacial score (nSPS) is 16.4. The van der Waals surface area contributed by atoms with Crippen LogP contribution in [0.4, 0.5) is 4.39 Å². The topological polar surface area (TPSA) is 94.6 Å². The molecule has 33 heavy (non-hydrogen) atoms. The van der Waals surface area contributed by atoms with Gasteiger partial charge in [0, 0.05) is 17.4 Å². The van der Waals surface area contributed by atoms with Crippen molar-refractivity contribution in [2.75, 3.05) is 6.61 Å². The number of halogens is 1. The molecule has 1 aliphatic rings. The van der Waals surface area contributed by atoms with E-state index >= 15 is 0 Å². The predicted molar refractivity (Wildman–Crippen MR) is 122 cm³/mol. The Labute approximate surface area is 195 Å². The molecule has 2 atom stereocenters. The number of hydrogen-bond donors (Lipinski definition) is 1. The molecule has 10 heteroatoms. The quantitative estimate of drug-likeness (QED) is 0.516. The molecule has 1 N–H and O–H groups in total. The van der Waals surface area contributed by atoms with Crippen LogP contribution >= 0.6 is 11.3 Å². The van der Waals surface area contributed by atoms with Gasteiger partial charge in [0.25, 0.3) is 0 Å². The van der Waals surface area contributed by atoms with Crippen LogP contribution in [0, 0.1) is 5.82 Å². The summed E-state index contributed by atoms with van der Waals surface area (Å²) >= 11 is 1.26. The van der Waals surface area contributed by atoms with E-state index < -0.39 is 21.0 Å². The largest absolute Gasteiger partial charge is 0.493 e. The van der Waals surface area contributed by atoms with Crippen molar-refractivity contribution in [2.24, 2.45) is 0 Å². The van der Waals surface area contributed by atoms with Crippen molar-refractivity contribution >= 4 is 27.1 Å². The van der Waals surface area contributed by atoms with Gasteiger partial charge in [-0.15, -0.1) is 11.3 Å². The lowest BCUT2D eigenvalue weighted by Crippen LogP contribution is -2.41. The average molecular weight is 491 g/mol. The number of sulfone groups is 1. The molecule has 2 unspecified atom stereocenters. The molecule has 4 rings (SSSR count). The third kappa shape index (κ3) is 5.69. The van der Waals surface area contributed by atoms with Crippen molar-refractivity contribution in [3.05, 3.63) is 76.0 Å². The van der Waals surface area contributed by atoms with Gasteiger partial charge in [0.15, 0.2) is 9.84 Å². The molecule has 0 spiro atoms. The Balaban J connectivity index is 1.35. The number of aromatic nitrogens is 1. The molecular weight excluding hydrogens is 467 g/mol. The second kappa shape index (κ2) is 9.88. The summed E-state index contributed by atoms with van der Waals surface area (Å²) in [6, 6.07) is 12.7. The van der Waals surface area contributed by atoms with Crippen LogP contribution in [0.1, 0.15) is 35.7 Å². The molecule has 2 heterocycles. The first-order valence-corrected chi connectivity index (χ1v) is 13.0. The van der Waals surface area contributed by atoms with Gasteiger partial charge >= 0.3 is 0 Å².